The third-order valence-corrected chi connectivity index (χ3v) is 10.2. The van der Waals surface area contributed by atoms with Crippen molar-refractivity contribution >= 4 is 39.1 Å². The Morgan fingerprint density at radius 3 is 2.24 bits per heavy atom. The van der Waals surface area contributed by atoms with Gasteiger partial charge in [-0.1, -0.05) is 78.9 Å². The molecule has 0 spiro atoms. The van der Waals surface area contributed by atoms with Crippen molar-refractivity contribution in [2.45, 2.75) is 75.5 Å². The second-order valence-corrected chi connectivity index (χ2v) is 13.6. The maximum absolute atomic E-state index is 14.1. The first kappa shape index (κ1) is 34.3. The summed E-state index contributed by atoms with van der Waals surface area (Å²) in [5.41, 5.74) is 0.0431. The van der Waals surface area contributed by atoms with Crippen LogP contribution in [-0.4, -0.2) is 50.3 Å². The van der Waals surface area contributed by atoms with Gasteiger partial charge in [0.2, 0.25) is 11.8 Å². The van der Waals surface area contributed by atoms with Gasteiger partial charge < -0.3 is 10.2 Å². The van der Waals surface area contributed by atoms with Gasteiger partial charge in [-0.2, -0.15) is 13.2 Å². The molecule has 0 bridgehead atoms. The van der Waals surface area contributed by atoms with Crippen molar-refractivity contribution < 1.29 is 31.2 Å². The van der Waals surface area contributed by atoms with Crippen molar-refractivity contribution in [3.05, 3.63) is 94.5 Å². The summed E-state index contributed by atoms with van der Waals surface area (Å²) in [4.78, 5) is 28.5. The molecule has 2 amide bonds. The molecule has 1 saturated carbocycles. The van der Waals surface area contributed by atoms with Crippen LogP contribution in [0.3, 0.4) is 0 Å². The number of carbonyl (C=O) groups is 2. The van der Waals surface area contributed by atoms with Crippen molar-refractivity contribution in [3.63, 3.8) is 0 Å². The minimum atomic E-state index is -4.87. The van der Waals surface area contributed by atoms with Gasteiger partial charge in [0, 0.05) is 12.6 Å². The van der Waals surface area contributed by atoms with Crippen LogP contribution >= 0.6 is 11.6 Å². The maximum Gasteiger partial charge on any atom is 0.417 e. The van der Waals surface area contributed by atoms with Crippen LogP contribution in [0.4, 0.5) is 18.9 Å². The molecule has 242 valence electrons. The SMILES string of the molecule is Cc1ccc(S(=O)(=O)N(CC(=O)N(CCc2ccccc2)[C@@H](C)C(=O)NC2CCCCC2)c2ccc(Cl)c(C(F)(F)F)c2)cc1. The highest BCUT2D eigenvalue weighted by Gasteiger charge is 2.37. The number of nitrogens with zero attached hydrogens (tertiary/aromatic N) is 2. The molecule has 0 unspecified atom stereocenters. The van der Waals surface area contributed by atoms with Crippen molar-refractivity contribution in [1.82, 2.24) is 10.2 Å². The van der Waals surface area contributed by atoms with Crippen LogP contribution in [0, 0.1) is 6.92 Å². The third-order valence-electron chi connectivity index (χ3n) is 8.03. The number of amides is 2. The molecule has 1 fully saturated rings. The van der Waals surface area contributed by atoms with E-state index in [0.29, 0.717) is 16.8 Å². The van der Waals surface area contributed by atoms with E-state index in [4.69, 9.17) is 11.6 Å². The van der Waals surface area contributed by atoms with E-state index in [-0.39, 0.29) is 29.1 Å². The Morgan fingerprint density at radius 1 is 0.978 bits per heavy atom. The number of nitrogens with one attached hydrogen (secondary N) is 1. The number of hydrogen-bond donors (Lipinski definition) is 1. The molecule has 1 N–H and O–H groups in total. The monoisotopic (exact) mass is 663 g/mol. The number of sulfonamides is 1. The van der Waals surface area contributed by atoms with E-state index in [1.165, 1.54) is 17.0 Å². The second-order valence-electron chi connectivity index (χ2n) is 11.3. The lowest BCUT2D eigenvalue weighted by molar-refractivity contribution is -0.139. The van der Waals surface area contributed by atoms with Crippen LogP contribution in [0.25, 0.3) is 0 Å². The lowest BCUT2D eigenvalue weighted by Gasteiger charge is -2.33. The number of halogens is 4. The van der Waals surface area contributed by atoms with Gasteiger partial charge in [0.25, 0.3) is 10.0 Å². The summed E-state index contributed by atoms with van der Waals surface area (Å²) in [6.07, 6.45) is 0.233. The van der Waals surface area contributed by atoms with Gasteiger partial charge in [0.15, 0.2) is 0 Å². The molecule has 12 heteroatoms. The number of carbonyl (C=O) groups excluding carboxylic acids is 2. The van der Waals surface area contributed by atoms with Crippen LogP contribution < -0.4 is 9.62 Å². The largest absolute Gasteiger partial charge is 0.417 e. The Bertz CT molecular complexity index is 1580. The van der Waals surface area contributed by atoms with E-state index >= 15 is 0 Å². The van der Waals surface area contributed by atoms with E-state index in [2.05, 4.69) is 5.32 Å². The Morgan fingerprint density at radius 2 is 1.62 bits per heavy atom. The minimum absolute atomic E-state index is 0.0203. The molecule has 7 nitrogen and oxygen atoms in total. The zero-order valence-corrected chi connectivity index (χ0v) is 26.8. The highest BCUT2D eigenvalue weighted by molar-refractivity contribution is 7.92. The molecule has 0 saturated heterocycles. The summed E-state index contributed by atoms with van der Waals surface area (Å²) in [6, 6.07) is 16.8. The van der Waals surface area contributed by atoms with Crippen molar-refractivity contribution in [3.8, 4) is 0 Å². The molecular weight excluding hydrogens is 627 g/mol. The molecule has 4 rings (SSSR count). The average Bonchev–Trinajstić information content (AvgIpc) is 3.01. The molecule has 0 aromatic heterocycles. The fraction of sp³-hybridized carbons (Fsp3) is 0.394. The zero-order chi connectivity index (χ0) is 32.8. The predicted octanol–water partition coefficient (Wildman–Crippen LogP) is 6.77. The highest BCUT2D eigenvalue weighted by atomic mass is 35.5. The minimum Gasteiger partial charge on any atom is -0.352 e. The fourth-order valence-corrected chi connectivity index (χ4v) is 7.02. The first-order valence-corrected chi connectivity index (χ1v) is 16.7. The topological polar surface area (TPSA) is 86.8 Å². The molecule has 0 aliphatic heterocycles. The second kappa shape index (κ2) is 14.7. The Labute approximate surface area is 267 Å². The van der Waals surface area contributed by atoms with Gasteiger partial charge in [-0.15, -0.1) is 0 Å². The number of anilines is 1. The molecule has 1 atom stereocenters. The average molecular weight is 664 g/mol. The predicted molar refractivity (Wildman–Crippen MR) is 169 cm³/mol. The molecule has 3 aromatic carbocycles. The van der Waals surface area contributed by atoms with Crippen molar-refractivity contribution in [2.24, 2.45) is 0 Å². The fourth-order valence-electron chi connectivity index (χ4n) is 5.39. The molecular formula is C33H37ClF3N3O4S. The smallest absolute Gasteiger partial charge is 0.352 e. The van der Waals surface area contributed by atoms with Gasteiger partial charge >= 0.3 is 6.18 Å². The number of alkyl halides is 3. The first-order chi connectivity index (χ1) is 21.3. The van der Waals surface area contributed by atoms with Gasteiger partial charge in [0.1, 0.15) is 12.6 Å². The van der Waals surface area contributed by atoms with Crippen molar-refractivity contribution in [2.75, 3.05) is 17.4 Å². The van der Waals surface area contributed by atoms with Crippen LogP contribution in [0.1, 0.15) is 55.7 Å². The molecule has 3 aromatic rings. The van der Waals surface area contributed by atoms with Gasteiger partial charge in [-0.25, -0.2) is 8.42 Å². The van der Waals surface area contributed by atoms with Gasteiger partial charge in [0.05, 0.1) is 21.2 Å². The van der Waals surface area contributed by atoms with E-state index in [1.807, 2.05) is 30.3 Å². The summed E-state index contributed by atoms with van der Waals surface area (Å²) in [6.45, 7) is 2.57. The molecule has 45 heavy (non-hydrogen) atoms. The van der Waals surface area contributed by atoms with Gasteiger partial charge in [-0.05, 0) is 69.0 Å². The van der Waals surface area contributed by atoms with Crippen LogP contribution in [0.5, 0.6) is 0 Å². The summed E-state index contributed by atoms with van der Waals surface area (Å²) < 4.78 is 70.0. The van der Waals surface area contributed by atoms with E-state index < -0.39 is 45.3 Å². The lowest BCUT2D eigenvalue weighted by Crippen LogP contribution is -2.53. The van der Waals surface area contributed by atoms with E-state index in [1.54, 1.807) is 26.0 Å². The van der Waals surface area contributed by atoms with Crippen molar-refractivity contribution in [1.29, 1.82) is 0 Å². The Hall–Kier alpha value is -3.57. The Kier molecular flexibility index (Phi) is 11.2. The van der Waals surface area contributed by atoms with Crippen LogP contribution in [0.15, 0.2) is 77.7 Å². The van der Waals surface area contributed by atoms with E-state index in [0.717, 1.165) is 55.4 Å². The highest BCUT2D eigenvalue weighted by Crippen LogP contribution is 2.38. The summed E-state index contributed by atoms with van der Waals surface area (Å²) >= 11 is 5.84. The summed E-state index contributed by atoms with van der Waals surface area (Å²) in [5.74, 6) is -1.11. The molecule has 1 aliphatic rings. The van der Waals surface area contributed by atoms with Crippen LogP contribution in [0.2, 0.25) is 5.02 Å². The third kappa shape index (κ3) is 8.79. The maximum atomic E-state index is 14.1. The number of aryl methyl sites for hydroxylation is 1. The quantitative estimate of drug-likeness (QED) is 0.245. The molecule has 0 heterocycles. The van der Waals surface area contributed by atoms with E-state index in [9.17, 15) is 31.2 Å². The first-order valence-electron chi connectivity index (χ1n) is 14.9. The molecule has 0 radical (unpaired) electrons. The summed E-state index contributed by atoms with van der Waals surface area (Å²) in [5, 5.41) is 2.42. The zero-order valence-electron chi connectivity index (χ0n) is 25.2. The number of hydrogen-bond acceptors (Lipinski definition) is 4. The van der Waals surface area contributed by atoms with Crippen LogP contribution in [-0.2, 0) is 32.2 Å². The summed E-state index contributed by atoms with van der Waals surface area (Å²) in [7, 11) is -4.54. The normalized spacial score (nSPS) is 14.9. The molecule has 1 aliphatic carbocycles. The Balaban J connectivity index is 1.71. The standard InChI is InChI=1S/C33H37ClF3N3O4S/c1-23-13-16-28(17-14-23)45(43,44)40(27-15-18-30(34)29(21-27)33(35,36)37)22-31(41)39(20-19-25-9-5-3-6-10-25)24(2)32(42)38-26-11-7-4-8-12-26/h3,5-6,9-10,13-18,21,24,26H,4,7-8,11-12,19-20,22H2,1-2H3,(H,38,42)/t24-/m0/s1. The number of rotatable bonds is 11. The lowest BCUT2D eigenvalue weighted by atomic mass is 9.95. The number of benzene rings is 3. The van der Waals surface area contributed by atoms with Gasteiger partial charge in [-0.3, -0.25) is 13.9 Å².